The third-order valence-corrected chi connectivity index (χ3v) is 7.07. The van der Waals surface area contributed by atoms with Crippen LogP contribution < -0.4 is 5.32 Å². The molecule has 3 amide bonds. The van der Waals surface area contributed by atoms with Crippen molar-refractivity contribution < 1.29 is 22.8 Å². The maximum absolute atomic E-state index is 13.6. The summed E-state index contributed by atoms with van der Waals surface area (Å²) in [5.41, 5.74) is -0.125. The van der Waals surface area contributed by atoms with Crippen LogP contribution in [0.25, 0.3) is 0 Å². The number of fused-ring (bicyclic) bond motifs is 2. The SMILES string of the molecule is CN1C(=O)NC(c2ccccc2C(F)(F)F)C2=C1CN(C1CC3CCC1C3)C2=O. The van der Waals surface area contributed by atoms with Crippen LogP contribution in [0.2, 0.25) is 0 Å². The number of halogens is 3. The first-order chi connectivity index (χ1) is 13.8. The summed E-state index contributed by atoms with van der Waals surface area (Å²) in [6, 6.07) is 3.69. The zero-order valence-electron chi connectivity index (χ0n) is 16.0. The van der Waals surface area contributed by atoms with Crippen molar-refractivity contribution in [2.75, 3.05) is 13.6 Å². The molecular formula is C21H22F3N3O2. The van der Waals surface area contributed by atoms with E-state index in [1.165, 1.54) is 29.5 Å². The molecule has 1 aromatic rings. The van der Waals surface area contributed by atoms with Crippen LogP contribution in [-0.2, 0) is 11.0 Å². The van der Waals surface area contributed by atoms with Gasteiger partial charge in [0.2, 0.25) is 0 Å². The van der Waals surface area contributed by atoms with Crippen molar-refractivity contribution in [3.63, 3.8) is 0 Å². The predicted molar refractivity (Wildman–Crippen MR) is 98.5 cm³/mol. The zero-order chi connectivity index (χ0) is 20.5. The molecule has 1 aromatic carbocycles. The Hall–Kier alpha value is -2.51. The number of amides is 3. The molecule has 4 unspecified atom stereocenters. The summed E-state index contributed by atoms with van der Waals surface area (Å²) in [7, 11) is 1.56. The van der Waals surface area contributed by atoms with E-state index in [9.17, 15) is 22.8 Å². The van der Waals surface area contributed by atoms with Crippen molar-refractivity contribution >= 4 is 11.9 Å². The van der Waals surface area contributed by atoms with Crippen molar-refractivity contribution in [1.82, 2.24) is 15.1 Å². The average molecular weight is 405 g/mol. The van der Waals surface area contributed by atoms with Gasteiger partial charge in [-0.15, -0.1) is 0 Å². The lowest BCUT2D eigenvalue weighted by Gasteiger charge is -2.32. The molecule has 0 saturated heterocycles. The number of hydrogen-bond donors (Lipinski definition) is 1. The van der Waals surface area contributed by atoms with Gasteiger partial charge in [-0.1, -0.05) is 24.6 Å². The number of nitrogens with zero attached hydrogens (tertiary/aromatic N) is 2. The van der Waals surface area contributed by atoms with Gasteiger partial charge in [0.1, 0.15) is 0 Å². The van der Waals surface area contributed by atoms with Gasteiger partial charge in [-0.25, -0.2) is 4.79 Å². The van der Waals surface area contributed by atoms with E-state index in [0.29, 0.717) is 17.5 Å². The number of carbonyl (C=O) groups is 2. The molecule has 0 spiro atoms. The summed E-state index contributed by atoms with van der Waals surface area (Å²) in [5, 5.41) is 2.62. The van der Waals surface area contributed by atoms with Gasteiger partial charge in [-0.05, 0) is 42.7 Å². The maximum atomic E-state index is 13.6. The molecule has 5 rings (SSSR count). The first-order valence-corrected chi connectivity index (χ1v) is 10.00. The van der Waals surface area contributed by atoms with Gasteiger partial charge in [0.25, 0.3) is 5.91 Å². The average Bonchev–Trinajstić information content (AvgIpc) is 3.39. The van der Waals surface area contributed by atoms with E-state index in [0.717, 1.165) is 25.3 Å². The van der Waals surface area contributed by atoms with Crippen LogP contribution in [0.4, 0.5) is 18.0 Å². The molecule has 29 heavy (non-hydrogen) atoms. The minimum atomic E-state index is -4.57. The summed E-state index contributed by atoms with van der Waals surface area (Å²) in [5.74, 6) is 0.848. The van der Waals surface area contributed by atoms with Crippen LogP contribution in [0.15, 0.2) is 35.5 Å². The van der Waals surface area contributed by atoms with E-state index in [1.54, 1.807) is 11.9 Å². The number of nitrogens with one attached hydrogen (secondary N) is 1. The van der Waals surface area contributed by atoms with Crippen LogP contribution in [-0.4, -0.2) is 41.4 Å². The number of likely N-dealkylation sites (N-methyl/N-ethyl adjacent to an activating group) is 1. The molecule has 8 heteroatoms. The van der Waals surface area contributed by atoms with Crippen LogP contribution in [0, 0.1) is 11.8 Å². The van der Waals surface area contributed by atoms with Gasteiger partial charge >= 0.3 is 12.2 Å². The topological polar surface area (TPSA) is 52.7 Å². The number of rotatable bonds is 2. The first-order valence-electron chi connectivity index (χ1n) is 10.00. The Morgan fingerprint density at radius 2 is 1.86 bits per heavy atom. The third-order valence-electron chi connectivity index (χ3n) is 7.07. The number of carbonyl (C=O) groups excluding carboxylic acids is 2. The smallest absolute Gasteiger partial charge is 0.330 e. The summed E-state index contributed by atoms with van der Waals surface area (Å²) < 4.78 is 40.8. The molecule has 154 valence electrons. The van der Waals surface area contributed by atoms with Gasteiger partial charge in [0, 0.05) is 13.1 Å². The zero-order valence-corrected chi connectivity index (χ0v) is 16.0. The molecule has 2 heterocycles. The molecule has 2 fully saturated rings. The molecule has 1 N–H and O–H groups in total. The standard InChI is InChI=1S/C21H22F3N3O2/c1-26-16-10-27(15-9-11-6-7-12(15)8-11)19(28)17(16)18(25-20(26)29)13-4-2-3-5-14(13)21(22,23)24/h2-5,11-12,15,18H,6-10H2,1H3,(H,25,29). The highest BCUT2D eigenvalue weighted by atomic mass is 19.4. The summed E-state index contributed by atoms with van der Waals surface area (Å²) >= 11 is 0. The Kier molecular flexibility index (Phi) is 3.98. The summed E-state index contributed by atoms with van der Waals surface area (Å²) in [4.78, 5) is 29.1. The number of benzene rings is 1. The van der Waals surface area contributed by atoms with Gasteiger partial charge in [0.15, 0.2) is 0 Å². The third kappa shape index (κ3) is 2.75. The molecular weight excluding hydrogens is 383 g/mol. The van der Waals surface area contributed by atoms with E-state index < -0.39 is 23.8 Å². The molecule has 0 radical (unpaired) electrons. The fourth-order valence-electron chi connectivity index (χ4n) is 5.69. The maximum Gasteiger partial charge on any atom is 0.416 e. The van der Waals surface area contributed by atoms with E-state index in [4.69, 9.17) is 0 Å². The van der Waals surface area contributed by atoms with Crippen molar-refractivity contribution in [1.29, 1.82) is 0 Å². The largest absolute Gasteiger partial charge is 0.416 e. The minimum Gasteiger partial charge on any atom is -0.330 e. The Balaban J connectivity index is 1.55. The van der Waals surface area contributed by atoms with E-state index in [2.05, 4.69) is 5.32 Å². The fraction of sp³-hybridized carbons (Fsp3) is 0.524. The van der Waals surface area contributed by atoms with E-state index >= 15 is 0 Å². The molecule has 0 aromatic heterocycles. The van der Waals surface area contributed by atoms with E-state index in [1.807, 2.05) is 0 Å². The minimum absolute atomic E-state index is 0.0860. The molecule has 2 aliphatic carbocycles. The van der Waals surface area contributed by atoms with Crippen LogP contribution in [0.3, 0.4) is 0 Å². The summed E-state index contributed by atoms with van der Waals surface area (Å²) in [6.45, 7) is 0.288. The molecule has 4 atom stereocenters. The Labute approximate surface area is 166 Å². The molecule has 2 saturated carbocycles. The first kappa shape index (κ1) is 18.5. The molecule has 5 nitrogen and oxygen atoms in total. The van der Waals surface area contributed by atoms with Gasteiger partial charge in [-0.3, -0.25) is 9.69 Å². The Bertz CT molecular complexity index is 926. The Morgan fingerprint density at radius 3 is 2.52 bits per heavy atom. The highest BCUT2D eigenvalue weighted by molar-refractivity contribution is 6.01. The lowest BCUT2D eigenvalue weighted by atomic mass is 9.91. The Morgan fingerprint density at radius 1 is 1.10 bits per heavy atom. The molecule has 2 bridgehead atoms. The second kappa shape index (κ2) is 6.24. The van der Waals surface area contributed by atoms with Crippen molar-refractivity contribution in [3.8, 4) is 0 Å². The number of alkyl halides is 3. The van der Waals surface area contributed by atoms with Gasteiger partial charge < -0.3 is 10.2 Å². The highest BCUT2D eigenvalue weighted by Gasteiger charge is 2.51. The van der Waals surface area contributed by atoms with Gasteiger partial charge in [0.05, 0.1) is 29.4 Å². The molecule has 2 aliphatic heterocycles. The monoisotopic (exact) mass is 405 g/mol. The fourth-order valence-corrected chi connectivity index (χ4v) is 5.69. The van der Waals surface area contributed by atoms with Crippen LogP contribution in [0.1, 0.15) is 42.9 Å². The van der Waals surface area contributed by atoms with Crippen molar-refractivity contribution in [2.24, 2.45) is 11.8 Å². The summed E-state index contributed by atoms with van der Waals surface area (Å²) in [6.07, 6.45) is -0.218. The van der Waals surface area contributed by atoms with E-state index in [-0.39, 0.29) is 29.6 Å². The quantitative estimate of drug-likeness (QED) is 0.816. The second-order valence-electron chi connectivity index (χ2n) is 8.56. The lowest BCUT2D eigenvalue weighted by Crippen LogP contribution is -2.45. The second-order valence-corrected chi connectivity index (χ2v) is 8.56. The predicted octanol–water partition coefficient (Wildman–Crippen LogP) is 3.69. The normalized spacial score (nSPS) is 31.6. The number of hydrogen-bond acceptors (Lipinski definition) is 2. The van der Waals surface area contributed by atoms with Crippen molar-refractivity contribution in [2.45, 2.75) is 43.9 Å². The van der Waals surface area contributed by atoms with Crippen molar-refractivity contribution in [3.05, 3.63) is 46.7 Å². The highest BCUT2D eigenvalue weighted by Crippen LogP contribution is 2.49. The number of urea groups is 1. The van der Waals surface area contributed by atoms with Gasteiger partial charge in [-0.2, -0.15) is 13.2 Å². The van der Waals surface area contributed by atoms with Crippen LogP contribution >= 0.6 is 0 Å². The van der Waals surface area contributed by atoms with Crippen LogP contribution in [0.5, 0.6) is 0 Å². The molecule has 4 aliphatic rings. The lowest BCUT2D eigenvalue weighted by molar-refractivity contribution is -0.138.